The van der Waals surface area contributed by atoms with Crippen LogP contribution in [0.15, 0.2) is 12.4 Å². The summed E-state index contributed by atoms with van der Waals surface area (Å²) in [5.74, 6) is 1.17. The van der Waals surface area contributed by atoms with Crippen LogP contribution in [0.1, 0.15) is 24.7 Å². The number of imidazole rings is 1. The second-order valence-electron chi connectivity index (χ2n) is 3.05. The molecule has 1 fully saturated rings. The number of aromatic nitrogens is 2. The highest BCUT2D eigenvalue weighted by atomic mass is 15.1. The van der Waals surface area contributed by atoms with E-state index in [0.29, 0.717) is 6.04 Å². The Kier molecular flexibility index (Phi) is 1.66. The smallest absolute Gasteiger partial charge is 0.125 e. The highest BCUT2D eigenvalue weighted by Crippen LogP contribution is 2.20. The van der Waals surface area contributed by atoms with Gasteiger partial charge in [-0.1, -0.05) is 0 Å². The van der Waals surface area contributed by atoms with Crippen molar-refractivity contribution in [3.8, 4) is 0 Å². The summed E-state index contributed by atoms with van der Waals surface area (Å²) in [6.07, 6.45) is 6.35. The molecule has 0 aromatic carbocycles. The Hall–Kier alpha value is -0.830. The SMILES string of the molecule is Cn1ccnc1C1CCCN1. The van der Waals surface area contributed by atoms with E-state index in [0.717, 1.165) is 6.54 Å². The summed E-state index contributed by atoms with van der Waals surface area (Å²) in [5, 5.41) is 3.42. The summed E-state index contributed by atoms with van der Waals surface area (Å²) in [4.78, 5) is 4.30. The number of nitrogens with one attached hydrogen (secondary N) is 1. The van der Waals surface area contributed by atoms with E-state index in [1.807, 2.05) is 19.4 Å². The van der Waals surface area contributed by atoms with Gasteiger partial charge >= 0.3 is 0 Å². The Balaban J connectivity index is 2.21. The van der Waals surface area contributed by atoms with E-state index < -0.39 is 0 Å². The fourth-order valence-corrected chi connectivity index (χ4v) is 1.62. The molecule has 2 rings (SSSR count). The minimum atomic E-state index is 0.495. The topological polar surface area (TPSA) is 29.9 Å². The van der Waals surface area contributed by atoms with Gasteiger partial charge in [0.2, 0.25) is 0 Å². The second kappa shape index (κ2) is 2.66. The van der Waals surface area contributed by atoms with Crippen molar-refractivity contribution in [2.75, 3.05) is 6.54 Å². The summed E-state index contributed by atoms with van der Waals surface area (Å²) in [5.41, 5.74) is 0. The van der Waals surface area contributed by atoms with Gasteiger partial charge in [0, 0.05) is 19.4 Å². The lowest BCUT2D eigenvalue weighted by Crippen LogP contribution is -2.16. The molecule has 3 heteroatoms. The van der Waals surface area contributed by atoms with E-state index in [1.54, 1.807) is 0 Å². The zero-order valence-electron chi connectivity index (χ0n) is 6.75. The van der Waals surface area contributed by atoms with Crippen LogP contribution in [-0.4, -0.2) is 16.1 Å². The number of aryl methyl sites for hydroxylation is 1. The Labute approximate surface area is 66.4 Å². The summed E-state index contributed by atoms with van der Waals surface area (Å²) < 4.78 is 2.09. The lowest BCUT2D eigenvalue weighted by Gasteiger charge is -2.08. The molecule has 1 saturated heterocycles. The molecule has 0 radical (unpaired) electrons. The fourth-order valence-electron chi connectivity index (χ4n) is 1.62. The van der Waals surface area contributed by atoms with Crippen LogP contribution in [-0.2, 0) is 7.05 Å². The first-order valence-corrected chi connectivity index (χ1v) is 4.08. The van der Waals surface area contributed by atoms with Crippen LogP contribution in [0.4, 0.5) is 0 Å². The van der Waals surface area contributed by atoms with Gasteiger partial charge in [0.05, 0.1) is 6.04 Å². The Morgan fingerprint density at radius 2 is 2.64 bits per heavy atom. The first-order chi connectivity index (χ1) is 5.38. The quantitative estimate of drug-likeness (QED) is 0.644. The average Bonchev–Trinajstić information content (AvgIpc) is 2.55. The molecule has 1 aromatic heterocycles. The standard InChI is InChI=1S/C8H13N3/c1-11-6-5-10-8(11)7-3-2-4-9-7/h5-7,9H,2-4H2,1H3. The molecule has 1 aromatic rings. The molecule has 1 aliphatic rings. The maximum absolute atomic E-state index is 4.30. The summed E-state index contributed by atoms with van der Waals surface area (Å²) in [7, 11) is 2.04. The highest BCUT2D eigenvalue weighted by molar-refractivity contribution is 5.00. The molecule has 1 atom stereocenters. The molecule has 0 amide bonds. The van der Waals surface area contributed by atoms with E-state index in [1.165, 1.54) is 18.7 Å². The zero-order valence-corrected chi connectivity index (χ0v) is 6.75. The van der Waals surface area contributed by atoms with Gasteiger partial charge < -0.3 is 9.88 Å². The van der Waals surface area contributed by atoms with E-state index in [4.69, 9.17) is 0 Å². The van der Waals surface area contributed by atoms with Crippen molar-refractivity contribution in [2.45, 2.75) is 18.9 Å². The molecule has 0 aliphatic carbocycles. The number of rotatable bonds is 1. The van der Waals surface area contributed by atoms with E-state index in [2.05, 4.69) is 14.9 Å². The largest absolute Gasteiger partial charge is 0.337 e. The van der Waals surface area contributed by atoms with Gasteiger partial charge in [-0.2, -0.15) is 0 Å². The predicted octanol–water partition coefficient (Wildman–Crippen LogP) is 0.845. The van der Waals surface area contributed by atoms with Gasteiger partial charge in [0.25, 0.3) is 0 Å². The summed E-state index contributed by atoms with van der Waals surface area (Å²) >= 11 is 0. The number of hydrogen-bond donors (Lipinski definition) is 1. The van der Waals surface area contributed by atoms with E-state index in [9.17, 15) is 0 Å². The van der Waals surface area contributed by atoms with Gasteiger partial charge in [-0.25, -0.2) is 4.98 Å². The molecule has 11 heavy (non-hydrogen) atoms. The maximum atomic E-state index is 4.30. The Morgan fingerprint density at radius 3 is 3.18 bits per heavy atom. The number of nitrogens with zero attached hydrogens (tertiary/aromatic N) is 2. The average molecular weight is 151 g/mol. The molecule has 0 saturated carbocycles. The lowest BCUT2D eigenvalue weighted by atomic mass is 10.2. The van der Waals surface area contributed by atoms with Gasteiger partial charge in [0.15, 0.2) is 0 Å². The normalized spacial score (nSPS) is 24.3. The van der Waals surface area contributed by atoms with Gasteiger partial charge in [-0.15, -0.1) is 0 Å². The third kappa shape index (κ3) is 1.16. The van der Waals surface area contributed by atoms with Crippen molar-refractivity contribution in [1.29, 1.82) is 0 Å². The van der Waals surface area contributed by atoms with Crippen LogP contribution in [0.5, 0.6) is 0 Å². The van der Waals surface area contributed by atoms with Crippen LogP contribution in [0, 0.1) is 0 Å². The van der Waals surface area contributed by atoms with Crippen molar-refractivity contribution >= 4 is 0 Å². The molecule has 60 valence electrons. The molecular formula is C8H13N3. The van der Waals surface area contributed by atoms with Crippen molar-refractivity contribution in [2.24, 2.45) is 7.05 Å². The summed E-state index contributed by atoms with van der Waals surface area (Å²) in [6.45, 7) is 1.14. The van der Waals surface area contributed by atoms with Crippen molar-refractivity contribution in [3.05, 3.63) is 18.2 Å². The molecule has 1 unspecified atom stereocenters. The molecule has 2 heterocycles. The number of hydrogen-bond acceptors (Lipinski definition) is 2. The fraction of sp³-hybridized carbons (Fsp3) is 0.625. The summed E-state index contributed by atoms with van der Waals surface area (Å²) in [6, 6.07) is 0.495. The van der Waals surface area contributed by atoms with Crippen molar-refractivity contribution < 1.29 is 0 Å². The first-order valence-electron chi connectivity index (χ1n) is 4.08. The van der Waals surface area contributed by atoms with Gasteiger partial charge in [-0.05, 0) is 19.4 Å². The first kappa shape index (κ1) is 6.85. The Bertz CT molecular complexity index is 235. The third-order valence-corrected chi connectivity index (χ3v) is 2.23. The monoisotopic (exact) mass is 151 g/mol. The predicted molar refractivity (Wildman–Crippen MR) is 43.2 cm³/mol. The second-order valence-corrected chi connectivity index (χ2v) is 3.05. The van der Waals surface area contributed by atoms with Crippen molar-refractivity contribution in [1.82, 2.24) is 14.9 Å². The van der Waals surface area contributed by atoms with Crippen molar-refractivity contribution in [3.63, 3.8) is 0 Å². The minimum absolute atomic E-state index is 0.495. The maximum Gasteiger partial charge on any atom is 0.125 e. The van der Waals surface area contributed by atoms with Crippen LogP contribution < -0.4 is 5.32 Å². The Morgan fingerprint density at radius 1 is 1.73 bits per heavy atom. The van der Waals surface area contributed by atoms with Gasteiger partial charge in [-0.3, -0.25) is 0 Å². The van der Waals surface area contributed by atoms with Crippen LogP contribution in [0.2, 0.25) is 0 Å². The zero-order chi connectivity index (χ0) is 7.68. The lowest BCUT2D eigenvalue weighted by molar-refractivity contribution is 0.580. The molecular weight excluding hydrogens is 138 g/mol. The minimum Gasteiger partial charge on any atom is -0.337 e. The van der Waals surface area contributed by atoms with E-state index >= 15 is 0 Å². The van der Waals surface area contributed by atoms with Gasteiger partial charge in [0.1, 0.15) is 5.82 Å². The molecule has 1 N–H and O–H groups in total. The van der Waals surface area contributed by atoms with Crippen LogP contribution in [0.3, 0.4) is 0 Å². The van der Waals surface area contributed by atoms with E-state index in [-0.39, 0.29) is 0 Å². The highest BCUT2D eigenvalue weighted by Gasteiger charge is 2.18. The molecule has 3 nitrogen and oxygen atoms in total. The van der Waals surface area contributed by atoms with Crippen LogP contribution >= 0.6 is 0 Å². The molecule has 0 spiro atoms. The third-order valence-electron chi connectivity index (χ3n) is 2.23. The molecule has 0 bridgehead atoms. The van der Waals surface area contributed by atoms with Crippen LogP contribution in [0.25, 0.3) is 0 Å². The molecule has 1 aliphatic heterocycles.